The lowest BCUT2D eigenvalue weighted by Gasteiger charge is -2.31. The molecule has 0 unspecified atom stereocenters. The van der Waals surface area contributed by atoms with E-state index in [0.717, 1.165) is 38.0 Å². The SMILES string of the molecule is COc1cc(CCNC(=O)C2CCN(Cc3ccccc3)CC2)cc(OC)c1OC. The molecule has 0 bridgehead atoms. The van der Waals surface area contributed by atoms with E-state index in [2.05, 4.69) is 34.5 Å². The summed E-state index contributed by atoms with van der Waals surface area (Å²) < 4.78 is 16.2. The van der Waals surface area contributed by atoms with Gasteiger partial charge in [-0.25, -0.2) is 0 Å². The zero-order valence-electron chi connectivity index (χ0n) is 18.1. The van der Waals surface area contributed by atoms with Crippen LogP contribution >= 0.6 is 0 Å². The molecule has 162 valence electrons. The zero-order chi connectivity index (χ0) is 21.3. The largest absolute Gasteiger partial charge is 0.493 e. The number of hydrogen-bond donors (Lipinski definition) is 1. The molecule has 2 aromatic rings. The number of amides is 1. The quantitative estimate of drug-likeness (QED) is 0.685. The number of methoxy groups -OCH3 is 3. The van der Waals surface area contributed by atoms with Crippen molar-refractivity contribution in [3.05, 3.63) is 53.6 Å². The summed E-state index contributed by atoms with van der Waals surface area (Å²) in [7, 11) is 4.80. The van der Waals surface area contributed by atoms with Gasteiger partial charge in [-0.15, -0.1) is 0 Å². The van der Waals surface area contributed by atoms with Crippen molar-refractivity contribution in [1.82, 2.24) is 10.2 Å². The normalized spacial score (nSPS) is 14.9. The molecule has 6 heteroatoms. The van der Waals surface area contributed by atoms with E-state index in [1.165, 1.54) is 5.56 Å². The molecule has 0 atom stereocenters. The summed E-state index contributed by atoms with van der Waals surface area (Å²) in [6, 6.07) is 14.3. The van der Waals surface area contributed by atoms with Crippen molar-refractivity contribution in [1.29, 1.82) is 0 Å². The molecule has 0 aromatic heterocycles. The number of nitrogens with zero attached hydrogens (tertiary/aromatic N) is 1. The predicted molar refractivity (Wildman–Crippen MR) is 117 cm³/mol. The fraction of sp³-hybridized carbons (Fsp3) is 0.458. The van der Waals surface area contributed by atoms with E-state index in [-0.39, 0.29) is 11.8 Å². The molecule has 1 fully saturated rings. The molecule has 0 aliphatic carbocycles. The second-order valence-electron chi connectivity index (χ2n) is 7.61. The molecule has 0 spiro atoms. The van der Waals surface area contributed by atoms with Gasteiger partial charge in [-0.05, 0) is 55.6 Å². The first kappa shape index (κ1) is 22.0. The molecule has 1 heterocycles. The van der Waals surface area contributed by atoms with Gasteiger partial charge in [0.05, 0.1) is 21.3 Å². The lowest BCUT2D eigenvalue weighted by molar-refractivity contribution is -0.126. The Morgan fingerprint density at radius 1 is 0.967 bits per heavy atom. The minimum atomic E-state index is 0.0944. The van der Waals surface area contributed by atoms with Gasteiger partial charge >= 0.3 is 0 Å². The van der Waals surface area contributed by atoms with Crippen molar-refractivity contribution in [3.63, 3.8) is 0 Å². The first-order valence-corrected chi connectivity index (χ1v) is 10.5. The number of ether oxygens (including phenoxy) is 3. The number of carbonyl (C=O) groups excluding carboxylic acids is 1. The van der Waals surface area contributed by atoms with Crippen LogP contribution in [-0.2, 0) is 17.8 Å². The molecule has 1 aliphatic rings. The second-order valence-corrected chi connectivity index (χ2v) is 7.61. The number of likely N-dealkylation sites (tertiary alicyclic amines) is 1. The first-order chi connectivity index (χ1) is 14.6. The number of nitrogens with one attached hydrogen (secondary N) is 1. The molecule has 0 radical (unpaired) electrons. The van der Waals surface area contributed by atoms with E-state index in [0.29, 0.717) is 30.2 Å². The summed E-state index contributed by atoms with van der Waals surface area (Å²) in [5.74, 6) is 2.08. The van der Waals surface area contributed by atoms with Gasteiger partial charge in [0.15, 0.2) is 11.5 Å². The molecule has 6 nitrogen and oxygen atoms in total. The van der Waals surface area contributed by atoms with Gasteiger partial charge in [-0.3, -0.25) is 9.69 Å². The van der Waals surface area contributed by atoms with E-state index >= 15 is 0 Å². The van der Waals surface area contributed by atoms with Gasteiger partial charge < -0.3 is 19.5 Å². The van der Waals surface area contributed by atoms with Gasteiger partial charge in [0.1, 0.15) is 0 Å². The molecular weight excluding hydrogens is 380 g/mol. The predicted octanol–water partition coefficient (Wildman–Crippen LogP) is 3.28. The average molecular weight is 413 g/mol. The van der Waals surface area contributed by atoms with E-state index in [9.17, 15) is 4.79 Å². The van der Waals surface area contributed by atoms with Crippen molar-refractivity contribution >= 4 is 5.91 Å². The Morgan fingerprint density at radius 2 is 1.60 bits per heavy atom. The third-order valence-corrected chi connectivity index (χ3v) is 5.64. The van der Waals surface area contributed by atoms with Crippen molar-refractivity contribution < 1.29 is 19.0 Å². The monoisotopic (exact) mass is 412 g/mol. The Kier molecular flexibility index (Phi) is 7.97. The Balaban J connectivity index is 1.45. The van der Waals surface area contributed by atoms with Crippen molar-refractivity contribution in [2.24, 2.45) is 5.92 Å². The van der Waals surface area contributed by atoms with Gasteiger partial charge in [-0.1, -0.05) is 30.3 Å². The minimum Gasteiger partial charge on any atom is -0.493 e. The highest BCUT2D eigenvalue weighted by molar-refractivity contribution is 5.78. The number of piperidine rings is 1. The maximum Gasteiger partial charge on any atom is 0.223 e. The van der Waals surface area contributed by atoms with E-state index in [1.54, 1.807) is 21.3 Å². The second kappa shape index (κ2) is 10.9. The highest BCUT2D eigenvalue weighted by Crippen LogP contribution is 2.38. The third-order valence-electron chi connectivity index (χ3n) is 5.64. The van der Waals surface area contributed by atoms with Crippen molar-refractivity contribution in [3.8, 4) is 17.2 Å². The Hall–Kier alpha value is -2.73. The lowest BCUT2D eigenvalue weighted by atomic mass is 9.95. The molecular formula is C24H32N2O4. The third kappa shape index (κ3) is 5.66. The fourth-order valence-electron chi connectivity index (χ4n) is 3.95. The maximum absolute atomic E-state index is 12.6. The van der Waals surface area contributed by atoms with Gasteiger partial charge in [0.2, 0.25) is 11.7 Å². The number of benzene rings is 2. The lowest BCUT2D eigenvalue weighted by Crippen LogP contribution is -2.40. The number of carbonyl (C=O) groups is 1. The van der Waals surface area contributed by atoms with E-state index < -0.39 is 0 Å². The van der Waals surface area contributed by atoms with Crippen LogP contribution in [0, 0.1) is 5.92 Å². The van der Waals surface area contributed by atoms with Gasteiger partial charge in [0.25, 0.3) is 0 Å². The average Bonchev–Trinajstić information content (AvgIpc) is 2.79. The molecule has 1 N–H and O–H groups in total. The first-order valence-electron chi connectivity index (χ1n) is 10.5. The van der Waals surface area contributed by atoms with Crippen LogP contribution in [0.1, 0.15) is 24.0 Å². The van der Waals surface area contributed by atoms with Crippen LogP contribution < -0.4 is 19.5 Å². The summed E-state index contributed by atoms with van der Waals surface area (Å²) in [5.41, 5.74) is 2.35. The summed E-state index contributed by atoms with van der Waals surface area (Å²) in [4.78, 5) is 15.0. The van der Waals surface area contributed by atoms with Crippen molar-refractivity contribution in [2.75, 3.05) is 41.0 Å². The van der Waals surface area contributed by atoms with Gasteiger partial charge in [-0.2, -0.15) is 0 Å². The van der Waals surface area contributed by atoms with Crippen LogP contribution in [0.25, 0.3) is 0 Å². The highest BCUT2D eigenvalue weighted by atomic mass is 16.5. The maximum atomic E-state index is 12.6. The van der Waals surface area contributed by atoms with Crippen molar-refractivity contribution in [2.45, 2.75) is 25.8 Å². The standard InChI is InChI=1S/C24H32N2O4/c1-28-21-15-19(16-22(29-2)23(21)30-3)9-12-25-24(27)20-10-13-26(14-11-20)17-18-7-5-4-6-8-18/h4-8,15-16,20H,9-14,17H2,1-3H3,(H,25,27). The summed E-state index contributed by atoms with van der Waals surface area (Å²) in [5, 5.41) is 3.10. The smallest absolute Gasteiger partial charge is 0.223 e. The fourth-order valence-corrected chi connectivity index (χ4v) is 3.95. The van der Waals surface area contributed by atoms with Crippen LogP contribution in [0.4, 0.5) is 0 Å². The number of rotatable bonds is 9. The summed E-state index contributed by atoms with van der Waals surface area (Å²) in [6.45, 7) is 3.46. The Bertz CT molecular complexity index is 792. The minimum absolute atomic E-state index is 0.0944. The van der Waals surface area contributed by atoms with E-state index in [1.807, 2.05) is 18.2 Å². The van der Waals surface area contributed by atoms with Crippen LogP contribution in [0.3, 0.4) is 0 Å². The molecule has 1 amide bonds. The summed E-state index contributed by atoms with van der Waals surface area (Å²) in [6.07, 6.45) is 2.51. The summed E-state index contributed by atoms with van der Waals surface area (Å²) >= 11 is 0. The topological polar surface area (TPSA) is 60.0 Å². The molecule has 30 heavy (non-hydrogen) atoms. The Labute approximate surface area is 179 Å². The molecule has 1 aliphatic heterocycles. The van der Waals surface area contributed by atoms with E-state index in [4.69, 9.17) is 14.2 Å². The van der Waals surface area contributed by atoms with Crippen LogP contribution in [0.5, 0.6) is 17.2 Å². The van der Waals surface area contributed by atoms with Crippen LogP contribution in [0.2, 0.25) is 0 Å². The molecule has 0 saturated carbocycles. The molecule has 1 saturated heterocycles. The highest BCUT2D eigenvalue weighted by Gasteiger charge is 2.24. The zero-order valence-corrected chi connectivity index (χ0v) is 18.1. The van der Waals surface area contributed by atoms with Crippen LogP contribution in [-0.4, -0.2) is 51.8 Å². The number of hydrogen-bond acceptors (Lipinski definition) is 5. The van der Waals surface area contributed by atoms with Crippen LogP contribution in [0.15, 0.2) is 42.5 Å². The molecule has 2 aromatic carbocycles. The Morgan fingerprint density at radius 3 is 2.17 bits per heavy atom. The van der Waals surface area contributed by atoms with Gasteiger partial charge in [0, 0.05) is 19.0 Å². The molecule has 3 rings (SSSR count).